The minimum absolute atomic E-state index is 0.333. The highest BCUT2D eigenvalue weighted by Gasteiger charge is 2.48. The van der Waals surface area contributed by atoms with Gasteiger partial charge in [-0.1, -0.05) is 90.4 Å². The van der Waals surface area contributed by atoms with Gasteiger partial charge in [0.05, 0.1) is 6.61 Å². The van der Waals surface area contributed by atoms with Crippen LogP contribution in [0.5, 0.6) is 0 Å². The number of ether oxygens (including phenoxy) is 2. The second-order valence-electron chi connectivity index (χ2n) is 8.06. The Bertz CT molecular complexity index is 415. The van der Waals surface area contributed by atoms with Crippen molar-refractivity contribution < 1.29 is 28.6 Å². The van der Waals surface area contributed by atoms with Gasteiger partial charge in [-0.25, -0.2) is 0 Å². The van der Waals surface area contributed by atoms with Crippen LogP contribution in [-0.2, 0) is 18.6 Å². The molecule has 1 rings (SSSR count). The van der Waals surface area contributed by atoms with E-state index in [1.54, 1.807) is 0 Å². The Balaban J connectivity index is 1.96. The summed E-state index contributed by atoms with van der Waals surface area (Å²) in [6, 6.07) is -0.765. The van der Waals surface area contributed by atoms with Crippen molar-refractivity contribution in [2.45, 2.75) is 121 Å². The van der Waals surface area contributed by atoms with Gasteiger partial charge in [-0.2, -0.15) is 0 Å². The lowest BCUT2D eigenvalue weighted by atomic mass is 9.93. The lowest BCUT2D eigenvalue weighted by Crippen LogP contribution is -2.37. The zero-order chi connectivity index (χ0) is 21.3. The van der Waals surface area contributed by atoms with Crippen molar-refractivity contribution in [1.29, 1.82) is 0 Å². The van der Waals surface area contributed by atoms with Crippen LogP contribution in [0, 0.1) is 0 Å². The number of hydrogen-bond donors (Lipinski definition) is 2. The molecule has 1 fully saturated rings. The minimum Gasteiger partial charge on any atom is -0.394 e. The molecule has 0 saturated carbocycles. The molecule has 0 aromatic carbocycles. The highest BCUT2D eigenvalue weighted by atomic mass is 31.1. The Hall–Kier alpha value is -0.0351. The quantitative estimate of drug-likeness (QED) is 0.174. The first kappa shape index (κ1) is 27.0. The smallest absolute Gasteiger partial charge is 0.394 e. The van der Waals surface area contributed by atoms with Crippen molar-refractivity contribution in [3.05, 3.63) is 0 Å². The van der Waals surface area contributed by atoms with Crippen molar-refractivity contribution in [1.82, 2.24) is 0 Å². The third kappa shape index (κ3) is 12.4. The second-order valence-corrected chi connectivity index (χ2v) is 8.75. The number of aliphatic hydroxyl groups excluding tert-OH is 1. The molecule has 6 nitrogen and oxygen atoms in total. The lowest BCUT2D eigenvalue weighted by molar-refractivity contribution is -0.0176. The van der Waals surface area contributed by atoms with Crippen LogP contribution in [0.3, 0.4) is 0 Å². The Morgan fingerprint density at radius 2 is 1.34 bits per heavy atom. The summed E-state index contributed by atoms with van der Waals surface area (Å²) in [4.78, 5) is 8.99. The molecule has 0 aromatic rings. The average molecular weight is 431 g/mol. The maximum absolute atomic E-state index is 11.0. The fourth-order valence-electron chi connectivity index (χ4n) is 3.84. The predicted molar refractivity (Wildman–Crippen MR) is 116 cm³/mol. The molecule has 1 aliphatic heterocycles. The van der Waals surface area contributed by atoms with Crippen LogP contribution in [0.15, 0.2) is 0 Å². The van der Waals surface area contributed by atoms with Crippen molar-refractivity contribution >= 4 is 16.1 Å². The first-order valence-corrected chi connectivity index (χ1v) is 12.7. The van der Waals surface area contributed by atoms with Crippen molar-refractivity contribution in [2.75, 3.05) is 13.2 Å². The molecule has 5 atom stereocenters. The molecule has 0 amide bonds. The molecular formula is C21H41BO6P+. The van der Waals surface area contributed by atoms with Gasteiger partial charge < -0.3 is 14.6 Å². The van der Waals surface area contributed by atoms with Crippen LogP contribution in [-0.4, -0.2) is 55.4 Å². The third-order valence-electron chi connectivity index (χ3n) is 5.55. The normalized spacial score (nSPS) is 24.9. The zero-order valence-corrected chi connectivity index (χ0v) is 19.1. The lowest BCUT2D eigenvalue weighted by Gasteiger charge is -2.18. The molecule has 0 bridgehead atoms. The van der Waals surface area contributed by atoms with Gasteiger partial charge in [0, 0.05) is 17.2 Å². The van der Waals surface area contributed by atoms with E-state index in [9.17, 15) is 9.67 Å². The fourth-order valence-corrected chi connectivity index (χ4v) is 4.30. The van der Waals surface area contributed by atoms with Crippen LogP contribution < -0.4 is 0 Å². The summed E-state index contributed by atoms with van der Waals surface area (Å²) in [5.74, 6) is 0. The Kier molecular flexibility index (Phi) is 16.4. The van der Waals surface area contributed by atoms with E-state index in [1.165, 1.54) is 77.0 Å². The van der Waals surface area contributed by atoms with Crippen LogP contribution >= 0.6 is 8.25 Å². The van der Waals surface area contributed by atoms with Crippen LogP contribution in [0.25, 0.3) is 0 Å². The molecule has 1 heterocycles. The van der Waals surface area contributed by atoms with Crippen LogP contribution in [0.2, 0.25) is 0 Å². The first-order valence-electron chi connectivity index (χ1n) is 11.6. The van der Waals surface area contributed by atoms with E-state index in [-0.39, 0.29) is 6.61 Å². The van der Waals surface area contributed by atoms with Crippen molar-refractivity contribution in [2.24, 2.45) is 0 Å². The summed E-state index contributed by atoms with van der Waals surface area (Å²) in [6.07, 6.45) is 15.9. The standard InChI is InChI=1S/C21H40BO6P/c1-2-3-4-5-6-7-8-9-10-11-12-13-14-15-16-26-20-19(28-29(24)25)18(17-23)27-21(20)22/h18-21,23H,2-17H2,1H3/p+1/t18-,19+,20?,21-/m1/s1. The Morgan fingerprint density at radius 1 is 0.862 bits per heavy atom. The van der Waals surface area contributed by atoms with E-state index < -0.39 is 32.6 Å². The zero-order valence-electron chi connectivity index (χ0n) is 18.2. The molecule has 168 valence electrons. The van der Waals surface area contributed by atoms with Gasteiger partial charge in [-0.3, -0.25) is 0 Å². The maximum Gasteiger partial charge on any atom is 0.695 e. The summed E-state index contributed by atoms with van der Waals surface area (Å²) in [7, 11) is 3.05. The molecule has 1 saturated heterocycles. The largest absolute Gasteiger partial charge is 0.695 e. The Labute approximate surface area is 179 Å². The number of unbranched alkanes of at least 4 members (excludes halogenated alkanes) is 13. The summed E-state index contributed by atoms with van der Waals surface area (Å²) in [6.45, 7) is 2.43. The summed E-state index contributed by atoms with van der Waals surface area (Å²) >= 11 is 0. The molecular weight excluding hydrogens is 390 g/mol. The summed E-state index contributed by atoms with van der Waals surface area (Å²) in [5.41, 5.74) is 0. The molecule has 0 aromatic heterocycles. The summed E-state index contributed by atoms with van der Waals surface area (Å²) in [5, 5.41) is 9.30. The van der Waals surface area contributed by atoms with Gasteiger partial charge in [0.1, 0.15) is 20.1 Å². The average Bonchev–Trinajstić information content (AvgIpc) is 2.99. The van der Waals surface area contributed by atoms with E-state index >= 15 is 0 Å². The molecule has 1 aliphatic rings. The van der Waals surface area contributed by atoms with Crippen molar-refractivity contribution in [3.8, 4) is 0 Å². The van der Waals surface area contributed by atoms with E-state index in [0.717, 1.165) is 12.8 Å². The van der Waals surface area contributed by atoms with Crippen LogP contribution in [0.1, 0.15) is 96.8 Å². The molecule has 2 radical (unpaired) electrons. The molecule has 0 aliphatic carbocycles. The summed E-state index contributed by atoms with van der Waals surface area (Å²) < 4.78 is 27.0. The van der Waals surface area contributed by atoms with Gasteiger partial charge >= 0.3 is 8.25 Å². The van der Waals surface area contributed by atoms with E-state index in [2.05, 4.69) is 6.92 Å². The van der Waals surface area contributed by atoms with E-state index in [1.807, 2.05) is 0 Å². The highest BCUT2D eigenvalue weighted by Crippen LogP contribution is 2.31. The van der Waals surface area contributed by atoms with Gasteiger partial charge in [0.25, 0.3) is 0 Å². The van der Waals surface area contributed by atoms with Gasteiger partial charge in [0.15, 0.2) is 6.10 Å². The highest BCUT2D eigenvalue weighted by molar-refractivity contribution is 7.32. The fraction of sp³-hybridized carbons (Fsp3) is 1.00. The molecule has 0 spiro atoms. The maximum atomic E-state index is 11.0. The van der Waals surface area contributed by atoms with Gasteiger partial charge in [-0.15, -0.1) is 9.42 Å². The predicted octanol–water partition coefficient (Wildman–Crippen LogP) is 4.77. The molecule has 29 heavy (non-hydrogen) atoms. The van der Waals surface area contributed by atoms with Crippen LogP contribution in [0.4, 0.5) is 0 Å². The van der Waals surface area contributed by atoms with Gasteiger partial charge in [-0.05, 0) is 6.42 Å². The number of rotatable bonds is 19. The Morgan fingerprint density at radius 3 is 1.79 bits per heavy atom. The molecule has 2 N–H and O–H groups in total. The number of aliphatic hydroxyl groups is 1. The number of hydrogen-bond acceptors (Lipinski definition) is 5. The van der Waals surface area contributed by atoms with E-state index in [4.69, 9.17) is 26.7 Å². The molecule has 8 heteroatoms. The third-order valence-corrected chi connectivity index (χ3v) is 5.97. The van der Waals surface area contributed by atoms with E-state index in [0.29, 0.717) is 6.61 Å². The second kappa shape index (κ2) is 17.6. The topological polar surface area (TPSA) is 85.2 Å². The van der Waals surface area contributed by atoms with Gasteiger partial charge in [0.2, 0.25) is 0 Å². The minimum atomic E-state index is -2.80. The van der Waals surface area contributed by atoms with Crippen molar-refractivity contribution in [3.63, 3.8) is 0 Å². The SMILES string of the molecule is [B][C@@H]1O[C@H](CO)[C@H](O[P+](=O)O)C1OCCCCCCCCCCCCCCCC. The monoisotopic (exact) mass is 431 g/mol. The first-order chi connectivity index (χ1) is 14.1. The molecule has 2 unspecified atom stereocenters.